The third-order valence-electron chi connectivity index (χ3n) is 2.15. The van der Waals surface area contributed by atoms with Crippen molar-refractivity contribution in [1.29, 1.82) is 0 Å². The fourth-order valence-corrected chi connectivity index (χ4v) is 1.33. The lowest BCUT2D eigenvalue weighted by Crippen LogP contribution is -2.27. The molecule has 0 aliphatic heterocycles. The van der Waals surface area contributed by atoms with Crippen molar-refractivity contribution in [3.63, 3.8) is 0 Å². The van der Waals surface area contributed by atoms with E-state index in [1.165, 1.54) is 18.2 Å². The Kier molecular flexibility index (Phi) is 4.92. The van der Waals surface area contributed by atoms with Crippen molar-refractivity contribution in [2.24, 2.45) is 0 Å². The van der Waals surface area contributed by atoms with E-state index >= 15 is 0 Å². The van der Waals surface area contributed by atoms with Crippen LogP contribution in [0.4, 0.5) is 4.39 Å². The van der Waals surface area contributed by atoms with Crippen LogP contribution in [-0.2, 0) is 0 Å². The number of amides is 1. The maximum Gasteiger partial charge on any atom is 0.251 e. The molecule has 0 aliphatic carbocycles. The Balaban J connectivity index is 2.35. The molecule has 0 aromatic heterocycles. The van der Waals surface area contributed by atoms with Gasteiger partial charge in [-0.25, -0.2) is 4.39 Å². The molecule has 1 aromatic rings. The molecule has 1 amide bonds. The molecule has 16 heavy (non-hydrogen) atoms. The maximum absolute atomic E-state index is 12.8. The third kappa shape index (κ3) is 4.40. The molecule has 0 aliphatic rings. The summed E-state index contributed by atoms with van der Waals surface area (Å²) < 4.78 is 12.8. The van der Waals surface area contributed by atoms with Gasteiger partial charge in [-0.15, -0.1) is 0 Å². The van der Waals surface area contributed by atoms with E-state index in [0.717, 1.165) is 13.0 Å². The van der Waals surface area contributed by atoms with Crippen LogP contribution in [0.5, 0.6) is 0 Å². The van der Waals surface area contributed by atoms with E-state index in [1.54, 1.807) is 6.07 Å². The Morgan fingerprint density at radius 3 is 2.81 bits per heavy atom. The predicted octanol–water partition coefficient (Wildman–Crippen LogP) is 1.51. The Morgan fingerprint density at radius 1 is 1.44 bits per heavy atom. The highest BCUT2D eigenvalue weighted by Gasteiger charge is 2.04. The van der Waals surface area contributed by atoms with Crippen molar-refractivity contribution in [1.82, 2.24) is 10.2 Å². The molecule has 88 valence electrons. The molecular weight excluding hydrogens is 207 g/mol. The third-order valence-corrected chi connectivity index (χ3v) is 2.15. The highest BCUT2D eigenvalue weighted by Crippen LogP contribution is 2.02. The molecule has 0 atom stereocenters. The first kappa shape index (κ1) is 12.6. The van der Waals surface area contributed by atoms with Gasteiger partial charge in [0.05, 0.1) is 0 Å². The lowest BCUT2D eigenvalue weighted by atomic mass is 10.2. The molecule has 3 nitrogen and oxygen atoms in total. The van der Waals surface area contributed by atoms with Gasteiger partial charge in [0, 0.05) is 12.1 Å². The first-order valence-corrected chi connectivity index (χ1v) is 5.28. The molecule has 0 fully saturated rings. The van der Waals surface area contributed by atoms with Crippen LogP contribution >= 0.6 is 0 Å². The molecule has 0 saturated carbocycles. The zero-order chi connectivity index (χ0) is 12.0. The standard InChI is InChI=1S/C12H17FN2O/c1-15(2)8-4-7-14-12(16)10-5-3-6-11(13)9-10/h3,5-6,9H,4,7-8H2,1-2H3,(H,14,16). The van der Waals surface area contributed by atoms with Crippen molar-refractivity contribution in [2.75, 3.05) is 27.2 Å². The topological polar surface area (TPSA) is 32.3 Å². The first-order valence-electron chi connectivity index (χ1n) is 5.28. The van der Waals surface area contributed by atoms with Crippen LogP contribution in [0.3, 0.4) is 0 Å². The van der Waals surface area contributed by atoms with E-state index in [-0.39, 0.29) is 11.7 Å². The van der Waals surface area contributed by atoms with Gasteiger partial charge in [-0.1, -0.05) is 6.07 Å². The molecule has 1 N–H and O–H groups in total. The molecule has 4 heteroatoms. The zero-order valence-corrected chi connectivity index (χ0v) is 9.66. The first-order chi connectivity index (χ1) is 7.59. The molecule has 1 rings (SSSR count). The minimum atomic E-state index is -0.388. The summed E-state index contributed by atoms with van der Waals surface area (Å²) in [6.45, 7) is 1.52. The number of nitrogens with one attached hydrogen (secondary N) is 1. The second-order valence-corrected chi connectivity index (χ2v) is 3.92. The van der Waals surface area contributed by atoms with Crippen LogP contribution in [0.1, 0.15) is 16.8 Å². The smallest absolute Gasteiger partial charge is 0.251 e. The molecule has 0 unspecified atom stereocenters. The van der Waals surface area contributed by atoms with Crippen molar-refractivity contribution in [3.05, 3.63) is 35.6 Å². The molecule has 0 bridgehead atoms. The number of halogens is 1. The van der Waals surface area contributed by atoms with Crippen molar-refractivity contribution >= 4 is 5.91 Å². The highest BCUT2D eigenvalue weighted by atomic mass is 19.1. The second kappa shape index (κ2) is 6.23. The average Bonchev–Trinajstić information content (AvgIpc) is 2.24. The Labute approximate surface area is 95.3 Å². The molecular formula is C12H17FN2O. The monoisotopic (exact) mass is 224 g/mol. The second-order valence-electron chi connectivity index (χ2n) is 3.92. The van der Waals surface area contributed by atoms with E-state index in [9.17, 15) is 9.18 Å². The number of rotatable bonds is 5. The van der Waals surface area contributed by atoms with Crippen LogP contribution in [0.2, 0.25) is 0 Å². The van der Waals surface area contributed by atoms with E-state index in [1.807, 2.05) is 19.0 Å². The largest absolute Gasteiger partial charge is 0.352 e. The number of nitrogens with zero attached hydrogens (tertiary/aromatic N) is 1. The fraction of sp³-hybridized carbons (Fsp3) is 0.417. The summed E-state index contributed by atoms with van der Waals surface area (Å²) in [6, 6.07) is 5.69. The van der Waals surface area contributed by atoms with Gasteiger partial charge in [-0.05, 0) is 45.3 Å². The van der Waals surface area contributed by atoms with Crippen molar-refractivity contribution in [2.45, 2.75) is 6.42 Å². The maximum atomic E-state index is 12.8. The normalized spacial score (nSPS) is 10.5. The Bertz CT molecular complexity index is 353. The van der Waals surface area contributed by atoms with Gasteiger partial charge in [-0.2, -0.15) is 0 Å². The van der Waals surface area contributed by atoms with Crippen LogP contribution in [0.25, 0.3) is 0 Å². The van der Waals surface area contributed by atoms with Crippen LogP contribution in [-0.4, -0.2) is 38.0 Å². The Morgan fingerprint density at radius 2 is 2.19 bits per heavy atom. The van der Waals surface area contributed by atoms with Gasteiger partial charge in [0.25, 0.3) is 5.91 Å². The summed E-state index contributed by atoms with van der Waals surface area (Å²) in [5.74, 6) is -0.612. The molecule has 0 spiro atoms. The summed E-state index contributed by atoms with van der Waals surface area (Å²) >= 11 is 0. The number of benzene rings is 1. The SMILES string of the molecule is CN(C)CCCNC(=O)c1cccc(F)c1. The molecule has 0 heterocycles. The summed E-state index contributed by atoms with van der Waals surface area (Å²) in [4.78, 5) is 13.6. The van der Waals surface area contributed by atoms with Gasteiger partial charge < -0.3 is 10.2 Å². The number of carbonyl (C=O) groups excluding carboxylic acids is 1. The fourth-order valence-electron chi connectivity index (χ4n) is 1.33. The minimum Gasteiger partial charge on any atom is -0.352 e. The lowest BCUT2D eigenvalue weighted by molar-refractivity contribution is 0.0952. The molecule has 0 radical (unpaired) electrons. The summed E-state index contributed by atoms with van der Waals surface area (Å²) in [5.41, 5.74) is 0.366. The van der Waals surface area contributed by atoms with E-state index < -0.39 is 0 Å². The predicted molar refractivity (Wildman–Crippen MR) is 61.9 cm³/mol. The lowest BCUT2D eigenvalue weighted by Gasteiger charge is -2.09. The van der Waals surface area contributed by atoms with Gasteiger partial charge in [0.2, 0.25) is 0 Å². The van der Waals surface area contributed by atoms with Gasteiger partial charge in [0.1, 0.15) is 5.82 Å². The van der Waals surface area contributed by atoms with Gasteiger partial charge >= 0.3 is 0 Å². The van der Waals surface area contributed by atoms with Crippen LogP contribution in [0.15, 0.2) is 24.3 Å². The van der Waals surface area contributed by atoms with Crippen molar-refractivity contribution in [3.8, 4) is 0 Å². The van der Waals surface area contributed by atoms with Gasteiger partial charge in [0.15, 0.2) is 0 Å². The summed E-state index contributed by atoms with van der Waals surface area (Å²) in [5, 5.41) is 2.75. The van der Waals surface area contributed by atoms with E-state index in [2.05, 4.69) is 5.32 Å². The zero-order valence-electron chi connectivity index (χ0n) is 9.66. The number of hydrogen-bond donors (Lipinski definition) is 1. The number of hydrogen-bond acceptors (Lipinski definition) is 2. The minimum absolute atomic E-state index is 0.224. The molecule has 0 saturated heterocycles. The van der Waals surface area contributed by atoms with Gasteiger partial charge in [-0.3, -0.25) is 4.79 Å². The summed E-state index contributed by atoms with van der Waals surface area (Å²) in [6.07, 6.45) is 0.883. The van der Waals surface area contributed by atoms with Crippen molar-refractivity contribution < 1.29 is 9.18 Å². The quantitative estimate of drug-likeness (QED) is 0.769. The molecule has 1 aromatic carbocycles. The van der Waals surface area contributed by atoms with Crippen LogP contribution in [0, 0.1) is 5.82 Å². The van der Waals surface area contributed by atoms with E-state index in [0.29, 0.717) is 12.1 Å². The highest BCUT2D eigenvalue weighted by molar-refractivity contribution is 5.94. The number of carbonyl (C=O) groups is 1. The summed E-state index contributed by atoms with van der Waals surface area (Å²) in [7, 11) is 3.96. The average molecular weight is 224 g/mol. The van der Waals surface area contributed by atoms with E-state index in [4.69, 9.17) is 0 Å². The van der Waals surface area contributed by atoms with Crippen LogP contribution < -0.4 is 5.32 Å². The Hall–Kier alpha value is -1.42.